The molecular formula is C19H30N2O3. The Bertz CT molecular complexity index is 527. The van der Waals surface area contributed by atoms with Crippen LogP contribution in [0.25, 0.3) is 0 Å². The number of alkyl carbamates (subject to hydrolysis) is 1. The average Bonchev–Trinajstić information content (AvgIpc) is 2.48. The zero-order chi connectivity index (χ0) is 17.7. The molecule has 5 nitrogen and oxygen atoms in total. The highest BCUT2D eigenvalue weighted by Gasteiger charge is 2.34. The summed E-state index contributed by atoms with van der Waals surface area (Å²) in [6.45, 7) is 6.35. The van der Waals surface area contributed by atoms with Crippen molar-refractivity contribution < 1.29 is 14.6 Å². The van der Waals surface area contributed by atoms with E-state index in [1.165, 1.54) is 5.56 Å². The Morgan fingerprint density at radius 3 is 2.58 bits per heavy atom. The van der Waals surface area contributed by atoms with E-state index in [4.69, 9.17) is 4.74 Å². The van der Waals surface area contributed by atoms with Crippen molar-refractivity contribution in [2.24, 2.45) is 0 Å². The summed E-state index contributed by atoms with van der Waals surface area (Å²) >= 11 is 0. The summed E-state index contributed by atoms with van der Waals surface area (Å²) in [4.78, 5) is 14.3. The molecule has 1 amide bonds. The summed E-state index contributed by atoms with van der Waals surface area (Å²) in [5.74, 6) is 0. The molecule has 3 unspecified atom stereocenters. The monoisotopic (exact) mass is 334 g/mol. The molecule has 134 valence electrons. The van der Waals surface area contributed by atoms with Gasteiger partial charge in [-0.3, -0.25) is 4.90 Å². The number of likely N-dealkylation sites (N-methyl/N-ethyl adjacent to an activating group) is 1. The highest BCUT2D eigenvalue weighted by atomic mass is 16.6. The van der Waals surface area contributed by atoms with E-state index < -0.39 is 5.60 Å². The van der Waals surface area contributed by atoms with E-state index >= 15 is 0 Å². The molecule has 1 saturated carbocycles. The highest BCUT2D eigenvalue weighted by molar-refractivity contribution is 5.68. The number of aliphatic hydroxyl groups is 1. The molecule has 0 saturated heterocycles. The van der Waals surface area contributed by atoms with Gasteiger partial charge in [-0.1, -0.05) is 30.3 Å². The summed E-state index contributed by atoms with van der Waals surface area (Å²) in [5, 5.41) is 13.1. The maximum absolute atomic E-state index is 12.1. The zero-order valence-corrected chi connectivity index (χ0v) is 15.2. The number of carbonyl (C=O) groups is 1. The number of ether oxygens (including phenoxy) is 1. The zero-order valence-electron chi connectivity index (χ0n) is 15.2. The Kier molecular flexibility index (Phi) is 6.24. The van der Waals surface area contributed by atoms with Crippen LogP contribution in [0.3, 0.4) is 0 Å². The molecule has 0 radical (unpaired) electrons. The number of aliphatic hydroxyl groups excluding tert-OH is 1. The van der Waals surface area contributed by atoms with E-state index in [9.17, 15) is 9.90 Å². The molecule has 0 aliphatic heterocycles. The van der Waals surface area contributed by atoms with Gasteiger partial charge in [0.05, 0.1) is 6.10 Å². The molecule has 2 N–H and O–H groups in total. The smallest absolute Gasteiger partial charge is 0.407 e. The molecule has 1 aliphatic carbocycles. The standard InChI is InChI=1S/C19H30N2O3/c1-19(2,3)24-18(23)20-16-11-10-15(22)12-17(16)21(4)13-14-8-6-5-7-9-14/h5-9,15-17,22H,10-13H2,1-4H3,(H,20,23). The molecule has 0 aromatic heterocycles. The molecule has 0 heterocycles. The van der Waals surface area contributed by atoms with Crippen LogP contribution >= 0.6 is 0 Å². The fraction of sp³-hybridized carbons (Fsp3) is 0.632. The molecule has 0 bridgehead atoms. The number of nitrogens with zero attached hydrogens (tertiary/aromatic N) is 1. The fourth-order valence-electron chi connectivity index (χ4n) is 3.23. The van der Waals surface area contributed by atoms with Crippen molar-refractivity contribution in [3.05, 3.63) is 35.9 Å². The van der Waals surface area contributed by atoms with Gasteiger partial charge < -0.3 is 15.2 Å². The number of hydrogen-bond acceptors (Lipinski definition) is 4. The molecule has 1 aromatic carbocycles. The van der Waals surface area contributed by atoms with Crippen molar-refractivity contribution in [3.63, 3.8) is 0 Å². The summed E-state index contributed by atoms with van der Waals surface area (Å²) in [5.41, 5.74) is 0.708. The maximum Gasteiger partial charge on any atom is 0.407 e. The van der Waals surface area contributed by atoms with Crippen LogP contribution in [-0.4, -0.2) is 46.9 Å². The summed E-state index contributed by atoms with van der Waals surface area (Å²) in [6.07, 6.45) is 1.41. The van der Waals surface area contributed by atoms with Crippen LogP contribution in [0.4, 0.5) is 4.79 Å². The predicted molar refractivity (Wildman–Crippen MR) is 94.7 cm³/mol. The Hall–Kier alpha value is -1.59. The van der Waals surface area contributed by atoms with E-state index in [1.807, 2.05) is 46.0 Å². The first-order chi connectivity index (χ1) is 11.2. The molecule has 5 heteroatoms. The van der Waals surface area contributed by atoms with Crippen molar-refractivity contribution >= 4 is 6.09 Å². The lowest BCUT2D eigenvalue weighted by Gasteiger charge is -2.40. The SMILES string of the molecule is CN(Cc1ccccc1)C1CC(O)CCC1NC(=O)OC(C)(C)C. The first kappa shape index (κ1) is 18.7. The molecule has 0 spiro atoms. The fourth-order valence-corrected chi connectivity index (χ4v) is 3.23. The first-order valence-corrected chi connectivity index (χ1v) is 8.66. The predicted octanol–water partition coefficient (Wildman–Crippen LogP) is 2.93. The van der Waals surface area contributed by atoms with Gasteiger partial charge in [0.1, 0.15) is 5.60 Å². The van der Waals surface area contributed by atoms with Gasteiger partial charge in [-0.05, 0) is 52.6 Å². The van der Waals surface area contributed by atoms with Gasteiger partial charge in [-0.15, -0.1) is 0 Å². The van der Waals surface area contributed by atoms with E-state index in [-0.39, 0.29) is 24.3 Å². The minimum Gasteiger partial charge on any atom is -0.444 e. The summed E-state index contributed by atoms with van der Waals surface area (Å²) in [7, 11) is 2.04. The van der Waals surface area contributed by atoms with Crippen LogP contribution < -0.4 is 5.32 Å². The number of amides is 1. The van der Waals surface area contributed by atoms with Gasteiger partial charge in [-0.2, -0.15) is 0 Å². The van der Waals surface area contributed by atoms with Crippen molar-refractivity contribution in [2.75, 3.05) is 7.05 Å². The molecular weight excluding hydrogens is 304 g/mol. The van der Waals surface area contributed by atoms with Crippen molar-refractivity contribution in [3.8, 4) is 0 Å². The van der Waals surface area contributed by atoms with Crippen LogP contribution in [-0.2, 0) is 11.3 Å². The normalized spacial score (nSPS) is 24.7. The number of nitrogens with one attached hydrogen (secondary N) is 1. The topological polar surface area (TPSA) is 61.8 Å². The van der Waals surface area contributed by atoms with E-state index in [1.54, 1.807) is 0 Å². The second kappa shape index (κ2) is 7.99. The summed E-state index contributed by atoms with van der Waals surface area (Å²) < 4.78 is 5.38. The minimum atomic E-state index is -0.510. The third-order valence-corrected chi connectivity index (χ3v) is 4.33. The van der Waals surface area contributed by atoms with E-state index in [0.29, 0.717) is 12.8 Å². The lowest BCUT2D eigenvalue weighted by atomic mass is 9.87. The third kappa shape index (κ3) is 5.80. The third-order valence-electron chi connectivity index (χ3n) is 4.33. The highest BCUT2D eigenvalue weighted by Crippen LogP contribution is 2.24. The Balaban J connectivity index is 2.01. The van der Waals surface area contributed by atoms with Crippen LogP contribution in [0.5, 0.6) is 0 Å². The number of carbonyl (C=O) groups excluding carboxylic acids is 1. The Labute approximate surface area is 145 Å². The quantitative estimate of drug-likeness (QED) is 0.889. The van der Waals surface area contributed by atoms with Crippen LogP contribution in [0, 0.1) is 0 Å². The molecule has 1 fully saturated rings. The van der Waals surface area contributed by atoms with E-state index in [0.717, 1.165) is 13.0 Å². The Morgan fingerprint density at radius 1 is 1.29 bits per heavy atom. The van der Waals surface area contributed by atoms with Gasteiger partial charge >= 0.3 is 6.09 Å². The lowest BCUT2D eigenvalue weighted by Crippen LogP contribution is -2.54. The molecule has 2 rings (SSSR count). The number of rotatable bonds is 4. The van der Waals surface area contributed by atoms with Crippen molar-refractivity contribution in [1.82, 2.24) is 10.2 Å². The minimum absolute atomic E-state index is 0.0167. The van der Waals surface area contributed by atoms with Crippen LogP contribution in [0.2, 0.25) is 0 Å². The molecule has 1 aliphatic rings. The second-order valence-corrected chi connectivity index (χ2v) is 7.69. The largest absolute Gasteiger partial charge is 0.444 e. The van der Waals surface area contributed by atoms with Crippen molar-refractivity contribution in [2.45, 2.75) is 70.4 Å². The summed E-state index contributed by atoms with van der Waals surface area (Å²) in [6, 6.07) is 10.3. The van der Waals surface area contributed by atoms with Gasteiger partial charge in [0.25, 0.3) is 0 Å². The van der Waals surface area contributed by atoms with Gasteiger partial charge in [0.15, 0.2) is 0 Å². The maximum atomic E-state index is 12.1. The Morgan fingerprint density at radius 2 is 1.96 bits per heavy atom. The second-order valence-electron chi connectivity index (χ2n) is 7.69. The van der Waals surface area contributed by atoms with Gasteiger partial charge in [-0.25, -0.2) is 4.79 Å². The van der Waals surface area contributed by atoms with Gasteiger partial charge in [0.2, 0.25) is 0 Å². The first-order valence-electron chi connectivity index (χ1n) is 8.66. The van der Waals surface area contributed by atoms with Crippen LogP contribution in [0.15, 0.2) is 30.3 Å². The van der Waals surface area contributed by atoms with Gasteiger partial charge in [0, 0.05) is 18.6 Å². The van der Waals surface area contributed by atoms with Crippen molar-refractivity contribution in [1.29, 1.82) is 0 Å². The molecule has 1 aromatic rings. The number of benzene rings is 1. The average molecular weight is 334 g/mol. The number of hydrogen-bond donors (Lipinski definition) is 2. The van der Waals surface area contributed by atoms with E-state index in [2.05, 4.69) is 22.3 Å². The lowest BCUT2D eigenvalue weighted by molar-refractivity contribution is 0.0272. The molecule has 3 atom stereocenters. The molecule has 24 heavy (non-hydrogen) atoms. The van der Waals surface area contributed by atoms with Crippen LogP contribution in [0.1, 0.15) is 45.6 Å².